The van der Waals surface area contributed by atoms with Crippen LogP contribution in [0.2, 0.25) is 0 Å². The predicted molar refractivity (Wildman–Crippen MR) is 107 cm³/mol. The number of hydrogen-bond donors (Lipinski definition) is 2. The molecule has 0 aliphatic carbocycles. The van der Waals surface area contributed by atoms with E-state index in [1.807, 2.05) is 0 Å². The summed E-state index contributed by atoms with van der Waals surface area (Å²) in [5.74, 6) is 0.667. The Hall–Kier alpha value is -1.42. The van der Waals surface area contributed by atoms with Crippen molar-refractivity contribution >= 4 is 35.6 Å². The predicted octanol–water partition coefficient (Wildman–Crippen LogP) is 2.36. The molecule has 1 aromatic rings. The van der Waals surface area contributed by atoms with Crippen LogP contribution in [-0.2, 0) is 6.54 Å². The molecule has 1 aliphatic rings. The molecule has 7 nitrogen and oxygen atoms in total. The van der Waals surface area contributed by atoms with Crippen LogP contribution < -0.4 is 10.6 Å². The number of hydrogen-bond acceptors (Lipinski definition) is 4. The van der Waals surface area contributed by atoms with Gasteiger partial charge < -0.3 is 15.5 Å². The van der Waals surface area contributed by atoms with Crippen molar-refractivity contribution in [2.45, 2.75) is 25.8 Å². The largest absolute Gasteiger partial charge is 0.355 e. The molecule has 2 N–H and O–H groups in total. The van der Waals surface area contributed by atoms with Crippen molar-refractivity contribution in [3.05, 3.63) is 39.9 Å². The van der Waals surface area contributed by atoms with Crippen molar-refractivity contribution < 1.29 is 4.92 Å². The van der Waals surface area contributed by atoms with Crippen LogP contribution in [0.5, 0.6) is 0 Å². The number of benzene rings is 1. The second-order valence-electron chi connectivity index (χ2n) is 5.64. The smallest absolute Gasteiger partial charge is 0.274 e. The van der Waals surface area contributed by atoms with Gasteiger partial charge in [0.25, 0.3) is 5.69 Å². The summed E-state index contributed by atoms with van der Waals surface area (Å²) in [5, 5.41) is 17.4. The lowest BCUT2D eigenvalue weighted by molar-refractivity contribution is -0.385. The summed E-state index contributed by atoms with van der Waals surface area (Å²) in [6.45, 7) is 4.52. The van der Waals surface area contributed by atoms with Gasteiger partial charge in [0, 0.05) is 38.3 Å². The quantitative estimate of drug-likeness (QED) is 0.230. The molecular formula is C16H26IN5O2. The van der Waals surface area contributed by atoms with E-state index in [-0.39, 0.29) is 34.6 Å². The number of nitrogens with zero attached hydrogens (tertiary/aromatic N) is 3. The zero-order valence-corrected chi connectivity index (χ0v) is 16.4. The number of piperidine rings is 1. The second-order valence-corrected chi connectivity index (χ2v) is 5.64. The van der Waals surface area contributed by atoms with Gasteiger partial charge in [-0.1, -0.05) is 24.6 Å². The van der Waals surface area contributed by atoms with Gasteiger partial charge in [0.2, 0.25) is 0 Å². The van der Waals surface area contributed by atoms with E-state index in [2.05, 4.69) is 20.5 Å². The van der Waals surface area contributed by atoms with Crippen molar-refractivity contribution in [2.75, 3.05) is 33.2 Å². The molecule has 1 aliphatic heterocycles. The topological polar surface area (TPSA) is 82.8 Å². The molecule has 0 unspecified atom stereocenters. The van der Waals surface area contributed by atoms with Gasteiger partial charge in [-0.3, -0.25) is 15.1 Å². The molecule has 1 heterocycles. The normalized spacial score (nSPS) is 15.5. The van der Waals surface area contributed by atoms with Crippen LogP contribution in [0.15, 0.2) is 29.3 Å². The van der Waals surface area contributed by atoms with E-state index in [0.717, 1.165) is 13.1 Å². The summed E-state index contributed by atoms with van der Waals surface area (Å²) in [4.78, 5) is 17.3. The van der Waals surface area contributed by atoms with Gasteiger partial charge in [-0.2, -0.15) is 0 Å². The van der Waals surface area contributed by atoms with Gasteiger partial charge in [0.05, 0.1) is 4.92 Å². The lowest BCUT2D eigenvalue weighted by Crippen LogP contribution is -2.42. The Morgan fingerprint density at radius 2 is 1.96 bits per heavy atom. The van der Waals surface area contributed by atoms with E-state index in [4.69, 9.17) is 0 Å². The first-order valence-electron chi connectivity index (χ1n) is 8.10. The van der Waals surface area contributed by atoms with Gasteiger partial charge >= 0.3 is 0 Å². The monoisotopic (exact) mass is 447 g/mol. The highest BCUT2D eigenvalue weighted by molar-refractivity contribution is 14.0. The first-order chi connectivity index (χ1) is 11.2. The van der Waals surface area contributed by atoms with Crippen LogP contribution in [-0.4, -0.2) is 49.0 Å². The summed E-state index contributed by atoms with van der Waals surface area (Å²) in [6, 6.07) is 6.75. The number of aliphatic imine (C=N–C) groups is 1. The molecular weight excluding hydrogens is 421 g/mol. The molecule has 8 heteroatoms. The van der Waals surface area contributed by atoms with Gasteiger partial charge in [-0.25, -0.2) is 0 Å². The van der Waals surface area contributed by atoms with E-state index in [0.29, 0.717) is 18.1 Å². The number of halogens is 1. The Bertz CT molecular complexity index is 547. The molecule has 134 valence electrons. The third-order valence-corrected chi connectivity index (χ3v) is 4.03. The third-order valence-electron chi connectivity index (χ3n) is 4.03. The van der Waals surface area contributed by atoms with Gasteiger partial charge in [0.15, 0.2) is 5.96 Å². The van der Waals surface area contributed by atoms with Crippen LogP contribution in [0.25, 0.3) is 0 Å². The highest BCUT2D eigenvalue weighted by atomic mass is 127. The molecule has 24 heavy (non-hydrogen) atoms. The highest BCUT2D eigenvalue weighted by Gasteiger charge is 2.13. The highest BCUT2D eigenvalue weighted by Crippen LogP contribution is 2.16. The molecule has 2 rings (SSSR count). The Morgan fingerprint density at radius 3 is 2.62 bits per heavy atom. The van der Waals surface area contributed by atoms with E-state index >= 15 is 0 Å². The Balaban J connectivity index is 0.00000288. The molecule has 1 saturated heterocycles. The minimum Gasteiger partial charge on any atom is -0.355 e. The number of para-hydroxylation sites is 1. The lowest BCUT2D eigenvalue weighted by Gasteiger charge is -2.26. The van der Waals surface area contributed by atoms with E-state index in [1.54, 1.807) is 25.2 Å². The molecule has 0 saturated carbocycles. The standard InChI is InChI=1S/C16H25N5O2.HI/c1-17-16(18-9-12-20-10-5-2-6-11-20)19-13-14-7-3-4-8-15(14)21(22)23;/h3-4,7-8H,2,5-6,9-13H2,1H3,(H2,17,18,19);1H. The maximum atomic E-state index is 11.0. The SMILES string of the molecule is CN=C(NCCN1CCCCC1)NCc1ccccc1[N+](=O)[O-].I. The van der Waals surface area contributed by atoms with Crippen LogP contribution in [0, 0.1) is 10.1 Å². The number of rotatable bonds is 6. The first kappa shape index (κ1) is 20.6. The van der Waals surface area contributed by atoms with Crippen molar-refractivity contribution in [3.8, 4) is 0 Å². The molecule has 0 radical (unpaired) electrons. The summed E-state index contributed by atoms with van der Waals surface area (Å²) in [5.41, 5.74) is 0.778. The van der Waals surface area contributed by atoms with E-state index in [1.165, 1.54) is 38.4 Å². The summed E-state index contributed by atoms with van der Waals surface area (Å²) in [7, 11) is 1.70. The number of nitro benzene ring substituents is 1. The Kier molecular flexibility index (Phi) is 9.62. The van der Waals surface area contributed by atoms with Crippen molar-refractivity contribution in [1.82, 2.24) is 15.5 Å². The van der Waals surface area contributed by atoms with Gasteiger partial charge in [-0.15, -0.1) is 24.0 Å². The minimum absolute atomic E-state index is 0. The molecule has 0 bridgehead atoms. The molecule has 0 atom stereocenters. The van der Waals surface area contributed by atoms with Crippen LogP contribution >= 0.6 is 24.0 Å². The zero-order chi connectivity index (χ0) is 16.5. The van der Waals surface area contributed by atoms with Crippen molar-refractivity contribution in [3.63, 3.8) is 0 Å². The van der Waals surface area contributed by atoms with Crippen LogP contribution in [0.4, 0.5) is 5.69 Å². The molecule has 1 aromatic carbocycles. The fourth-order valence-corrected chi connectivity index (χ4v) is 2.75. The van der Waals surface area contributed by atoms with Crippen LogP contribution in [0.3, 0.4) is 0 Å². The second kappa shape index (κ2) is 11.2. The number of guanidine groups is 1. The van der Waals surface area contributed by atoms with Gasteiger partial charge in [-0.05, 0) is 25.9 Å². The number of likely N-dealkylation sites (tertiary alicyclic amines) is 1. The molecule has 0 spiro atoms. The van der Waals surface area contributed by atoms with Crippen LogP contribution in [0.1, 0.15) is 24.8 Å². The lowest BCUT2D eigenvalue weighted by atomic mass is 10.1. The number of nitrogens with one attached hydrogen (secondary N) is 2. The zero-order valence-electron chi connectivity index (χ0n) is 14.0. The average Bonchev–Trinajstić information content (AvgIpc) is 2.59. The third kappa shape index (κ3) is 6.60. The maximum absolute atomic E-state index is 11.0. The van der Waals surface area contributed by atoms with Gasteiger partial charge in [0.1, 0.15) is 0 Å². The summed E-state index contributed by atoms with van der Waals surface area (Å²) < 4.78 is 0. The molecule has 0 amide bonds. The maximum Gasteiger partial charge on any atom is 0.274 e. The number of nitro groups is 1. The van der Waals surface area contributed by atoms with Crippen molar-refractivity contribution in [1.29, 1.82) is 0 Å². The van der Waals surface area contributed by atoms with Crippen molar-refractivity contribution in [2.24, 2.45) is 4.99 Å². The van der Waals surface area contributed by atoms with E-state index in [9.17, 15) is 10.1 Å². The Labute approximate surface area is 160 Å². The Morgan fingerprint density at radius 1 is 1.25 bits per heavy atom. The first-order valence-corrected chi connectivity index (χ1v) is 8.10. The summed E-state index contributed by atoms with van der Waals surface area (Å²) >= 11 is 0. The molecule has 0 aromatic heterocycles. The average molecular weight is 447 g/mol. The summed E-state index contributed by atoms with van der Waals surface area (Å²) in [6.07, 6.45) is 3.90. The fraction of sp³-hybridized carbons (Fsp3) is 0.562. The van der Waals surface area contributed by atoms with E-state index < -0.39 is 0 Å². The molecule has 1 fully saturated rings. The minimum atomic E-state index is -0.358. The fourth-order valence-electron chi connectivity index (χ4n) is 2.75.